The van der Waals surface area contributed by atoms with E-state index >= 15 is 0 Å². The minimum Gasteiger partial charge on any atom is -0.493 e. The lowest BCUT2D eigenvalue weighted by molar-refractivity contribution is -0.142. The third kappa shape index (κ3) is 5.26. The summed E-state index contributed by atoms with van der Waals surface area (Å²) in [5, 5.41) is 13.9. The van der Waals surface area contributed by atoms with Crippen LogP contribution in [0.5, 0.6) is 5.75 Å². The molecule has 5 nitrogen and oxygen atoms in total. The van der Waals surface area contributed by atoms with E-state index < -0.39 is 12.0 Å². The van der Waals surface area contributed by atoms with Crippen molar-refractivity contribution >= 4 is 22.6 Å². The van der Waals surface area contributed by atoms with Crippen molar-refractivity contribution in [3.05, 3.63) is 42.5 Å². The van der Waals surface area contributed by atoms with Crippen molar-refractivity contribution in [2.75, 3.05) is 6.61 Å². The second-order valence-electron chi connectivity index (χ2n) is 6.20. The minimum absolute atomic E-state index is 0.120. The fourth-order valence-corrected chi connectivity index (χ4v) is 2.48. The maximum absolute atomic E-state index is 11.9. The number of carboxylic acids is 1. The van der Waals surface area contributed by atoms with Crippen LogP contribution in [0, 0.1) is 5.92 Å². The summed E-state index contributed by atoms with van der Waals surface area (Å²) in [6.45, 7) is 4.05. The smallest absolute Gasteiger partial charge is 0.326 e. The number of rotatable bonds is 8. The first-order valence-electron chi connectivity index (χ1n) is 8.09. The van der Waals surface area contributed by atoms with E-state index in [-0.39, 0.29) is 24.9 Å². The number of ether oxygens (including phenoxy) is 1. The Bertz CT molecular complexity index is 711. The highest BCUT2D eigenvalue weighted by atomic mass is 16.5. The lowest BCUT2D eigenvalue weighted by Gasteiger charge is -2.16. The molecule has 2 rings (SSSR count). The van der Waals surface area contributed by atoms with Crippen molar-refractivity contribution < 1.29 is 19.4 Å². The maximum Gasteiger partial charge on any atom is 0.326 e. The molecule has 1 unspecified atom stereocenters. The fraction of sp³-hybridized carbons (Fsp3) is 0.368. The summed E-state index contributed by atoms with van der Waals surface area (Å²) in [7, 11) is 0. The number of hydrogen-bond donors (Lipinski definition) is 2. The van der Waals surface area contributed by atoms with Gasteiger partial charge in [0.1, 0.15) is 11.8 Å². The number of amides is 1. The molecule has 2 aromatic rings. The van der Waals surface area contributed by atoms with Gasteiger partial charge in [-0.2, -0.15) is 0 Å². The third-order valence-corrected chi connectivity index (χ3v) is 3.66. The number of carboxylic acid groups (broad SMARTS) is 1. The molecule has 5 heteroatoms. The molecular weight excluding hydrogens is 306 g/mol. The predicted octanol–water partition coefficient (Wildman–Crippen LogP) is 3.22. The minimum atomic E-state index is -1.01. The number of benzene rings is 2. The molecular formula is C19H23NO4. The molecule has 1 amide bonds. The van der Waals surface area contributed by atoms with Crippen LogP contribution in [0.3, 0.4) is 0 Å². The SMILES string of the molecule is CC(C)CC(NC(=O)CCOc1ccc2ccccc2c1)C(=O)O. The van der Waals surface area contributed by atoms with E-state index in [1.54, 1.807) is 0 Å². The monoisotopic (exact) mass is 329 g/mol. The van der Waals surface area contributed by atoms with Gasteiger partial charge in [0, 0.05) is 0 Å². The molecule has 0 radical (unpaired) electrons. The molecule has 0 fully saturated rings. The average molecular weight is 329 g/mol. The summed E-state index contributed by atoms with van der Waals surface area (Å²) in [5.41, 5.74) is 0. The quantitative estimate of drug-likeness (QED) is 0.780. The highest BCUT2D eigenvalue weighted by Gasteiger charge is 2.20. The Balaban J connectivity index is 1.83. The van der Waals surface area contributed by atoms with E-state index in [4.69, 9.17) is 9.84 Å². The summed E-state index contributed by atoms with van der Waals surface area (Å²) in [6.07, 6.45) is 0.529. The van der Waals surface area contributed by atoms with E-state index in [1.165, 1.54) is 0 Å². The zero-order valence-corrected chi connectivity index (χ0v) is 14.0. The molecule has 128 valence electrons. The van der Waals surface area contributed by atoms with Crippen molar-refractivity contribution in [2.45, 2.75) is 32.7 Å². The molecule has 0 saturated carbocycles. The molecule has 0 spiro atoms. The molecule has 0 heterocycles. The van der Waals surface area contributed by atoms with Crippen LogP contribution in [-0.2, 0) is 9.59 Å². The van der Waals surface area contributed by atoms with Gasteiger partial charge < -0.3 is 15.2 Å². The summed E-state index contributed by atoms with van der Waals surface area (Å²) in [6, 6.07) is 12.9. The highest BCUT2D eigenvalue weighted by molar-refractivity contribution is 5.84. The Kier molecular flexibility index (Phi) is 6.18. The topological polar surface area (TPSA) is 75.6 Å². The molecule has 2 N–H and O–H groups in total. The van der Waals surface area contributed by atoms with Crippen LogP contribution in [0.4, 0.5) is 0 Å². The molecule has 2 aromatic carbocycles. The van der Waals surface area contributed by atoms with Crippen LogP contribution in [0.15, 0.2) is 42.5 Å². The summed E-state index contributed by atoms with van der Waals surface area (Å²) in [4.78, 5) is 23.0. The highest BCUT2D eigenvalue weighted by Crippen LogP contribution is 2.20. The van der Waals surface area contributed by atoms with Crippen LogP contribution in [0.25, 0.3) is 10.8 Å². The Labute approximate surface area is 141 Å². The zero-order chi connectivity index (χ0) is 17.5. The summed E-state index contributed by atoms with van der Waals surface area (Å²) < 4.78 is 5.60. The van der Waals surface area contributed by atoms with Crippen molar-refractivity contribution in [3.8, 4) is 5.75 Å². The molecule has 24 heavy (non-hydrogen) atoms. The number of hydrogen-bond acceptors (Lipinski definition) is 3. The normalized spacial score (nSPS) is 12.1. The van der Waals surface area contributed by atoms with Crippen LogP contribution in [-0.4, -0.2) is 29.6 Å². The first-order valence-corrected chi connectivity index (χ1v) is 8.09. The molecule has 0 aliphatic rings. The van der Waals surface area contributed by atoms with E-state index in [9.17, 15) is 9.59 Å². The van der Waals surface area contributed by atoms with Gasteiger partial charge in [0.2, 0.25) is 5.91 Å². The molecule has 0 aromatic heterocycles. The molecule has 1 atom stereocenters. The maximum atomic E-state index is 11.9. The van der Waals surface area contributed by atoms with Gasteiger partial charge in [-0.1, -0.05) is 44.2 Å². The van der Waals surface area contributed by atoms with Gasteiger partial charge in [0.15, 0.2) is 0 Å². The lowest BCUT2D eigenvalue weighted by Crippen LogP contribution is -2.42. The van der Waals surface area contributed by atoms with Gasteiger partial charge in [-0.3, -0.25) is 4.79 Å². The van der Waals surface area contributed by atoms with Gasteiger partial charge in [-0.05, 0) is 35.2 Å². The van der Waals surface area contributed by atoms with E-state index in [0.717, 1.165) is 10.8 Å². The van der Waals surface area contributed by atoms with Crippen LogP contribution in [0.1, 0.15) is 26.7 Å². The van der Waals surface area contributed by atoms with Crippen LogP contribution < -0.4 is 10.1 Å². The zero-order valence-electron chi connectivity index (χ0n) is 14.0. The number of fused-ring (bicyclic) bond motifs is 1. The second-order valence-corrected chi connectivity index (χ2v) is 6.20. The van der Waals surface area contributed by atoms with Gasteiger partial charge in [-0.25, -0.2) is 4.79 Å². The first-order chi connectivity index (χ1) is 11.5. The van der Waals surface area contributed by atoms with Gasteiger partial charge >= 0.3 is 5.97 Å². The second kappa shape index (κ2) is 8.34. The van der Waals surface area contributed by atoms with Crippen molar-refractivity contribution in [1.82, 2.24) is 5.32 Å². The summed E-state index contributed by atoms with van der Waals surface area (Å²) in [5.74, 6) is -0.435. The van der Waals surface area contributed by atoms with Crippen LogP contribution in [0.2, 0.25) is 0 Å². The largest absolute Gasteiger partial charge is 0.493 e. The Morgan fingerprint density at radius 3 is 2.50 bits per heavy atom. The number of nitrogens with one attached hydrogen (secondary N) is 1. The van der Waals surface area contributed by atoms with Gasteiger partial charge in [0.25, 0.3) is 0 Å². The van der Waals surface area contributed by atoms with Crippen molar-refractivity contribution in [3.63, 3.8) is 0 Å². The molecule has 0 saturated heterocycles. The Hall–Kier alpha value is -2.56. The lowest BCUT2D eigenvalue weighted by atomic mass is 10.0. The molecule has 0 aliphatic heterocycles. The predicted molar refractivity (Wildman–Crippen MR) is 93.1 cm³/mol. The van der Waals surface area contributed by atoms with Crippen LogP contribution >= 0.6 is 0 Å². The molecule has 0 bridgehead atoms. The average Bonchev–Trinajstić information content (AvgIpc) is 2.53. The number of carbonyl (C=O) groups is 2. The van der Waals surface area contributed by atoms with Crippen molar-refractivity contribution in [1.29, 1.82) is 0 Å². The van der Waals surface area contributed by atoms with Gasteiger partial charge in [-0.15, -0.1) is 0 Å². The standard InChI is InChI=1S/C19H23NO4/c1-13(2)11-17(19(22)23)20-18(21)9-10-24-16-8-7-14-5-3-4-6-15(14)12-16/h3-8,12-13,17H,9-11H2,1-2H3,(H,20,21)(H,22,23). The Morgan fingerprint density at radius 1 is 1.12 bits per heavy atom. The number of aliphatic carboxylic acids is 1. The molecule has 0 aliphatic carbocycles. The van der Waals surface area contributed by atoms with Gasteiger partial charge in [0.05, 0.1) is 13.0 Å². The summed E-state index contributed by atoms with van der Waals surface area (Å²) >= 11 is 0. The van der Waals surface area contributed by atoms with E-state index in [0.29, 0.717) is 12.2 Å². The van der Waals surface area contributed by atoms with Crippen molar-refractivity contribution in [2.24, 2.45) is 5.92 Å². The Morgan fingerprint density at radius 2 is 1.83 bits per heavy atom. The fourth-order valence-electron chi connectivity index (χ4n) is 2.48. The first kappa shape index (κ1) is 17.8. The third-order valence-electron chi connectivity index (χ3n) is 3.66. The number of carbonyl (C=O) groups excluding carboxylic acids is 1. The van der Waals surface area contributed by atoms with E-state index in [1.807, 2.05) is 56.3 Å². The van der Waals surface area contributed by atoms with E-state index in [2.05, 4.69) is 5.32 Å².